The number of urea groups is 1. The second-order valence-corrected chi connectivity index (χ2v) is 9.23. The van der Waals surface area contributed by atoms with Crippen LogP contribution in [0.1, 0.15) is 41.9 Å². The molecule has 12 heteroatoms. The zero-order chi connectivity index (χ0) is 27.7. The minimum absolute atomic E-state index is 0.152. The molecule has 0 atom stereocenters. The predicted molar refractivity (Wildman–Crippen MR) is 141 cm³/mol. The molecule has 2 heterocycles. The summed E-state index contributed by atoms with van der Waals surface area (Å²) in [4.78, 5) is 32.3. The highest BCUT2D eigenvalue weighted by molar-refractivity contribution is 5.99. The standard InChI is InChI=1S/C27H31F3N6O3/c28-27(29,30)39-22-12-10-21(11-13-22)32-26(38)34-23-19-36(18-20-8-3-1-4-9-20)24(33-23)25(37)31-14-7-17-35-15-5-2-6-16-35/h1,3-4,8-13,19H,2,5-7,14-18H2,(H,31,37)(H2,32,34,38). The van der Waals surface area contributed by atoms with Crippen LogP contribution in [0.4, 0.5) is 29.5 Å². The van der Waals surface area contributed by atoms with Crippen molar-refractivity contribution in [3.8, 4) is 5.75 Å². The van der Waals surface area contributed by atoms with E-state index >= 15 is 0 Å². The molecule has 3 amide bonds. The van der Waals surface area contributed by atoms with Gasteiger partial charge in [-0.25, -0.2) is 9.78 Å². The Bertz CT molecular complexity index is 1230. The van der Waals surface area contributed by atoms with Crippen LogP contribution in [0.25, 0.3) is 0 Å². The summed E-state index contributed by atoms with van der Waals surface area (Å²) >= 11 is 0. The molecule has 1 aliphatic rings. The van der Waals surface area contributed by atoms with Crippen molar-refractivity contribution < 1.29 is 27.5 Å². The lowest BCUT2D eigenvalue weighted by Gasteiger charge is -2.26. The lowest BCUT2D eigenvalue weighted by Crippen LogP contribution is -2.34. The molecule has 4 rings (SSSR count). The summed E-state index contributed by atoms with van der Waals surface area (Å²) in [5.41, 5.74) is 1.20. The maximum atomic E-state index is 13.0. The molecular weight excluding hydrogens is 513 g/mol. The smallest absolute Gasteiger partial charge is 0.406 e. The third-order valence-corrected chi connectivity index (χ3v) is 6.15. The minimum Gasteiger partial charge on any atom is -0.406 e. The van der Waals surface area contributed by atoms with Crippen molar-refractivity contribution in [1.29, 1.82) is 0 Å². The summed E-state index contributed by atoms with van der Waals surface area (Å²) < 4.78 is 42.5. The van der Waals surface area contributed by atoms with Crippen molar-refractivity contribution in [2.45, 2.75) is 38.6 Å². The molecule has 1 fully saturated rings. The van der Waals surface area contributed by atoms with E-state index in [1.54, 1.807) is 10.8 Å². The Morgan fingerprint density at radius 2 is 1.67 bits per heavy atom. The number of nitrogens with zero attached hydrogens (tertiary/aromatic N) is 3. The van der Waals surface area contributed by atoms with Gasteiger partial charge in [-0.1, -0.05) is 36.8 Å². The Morgan fingerprint density at radius 1 is 0.949 bits per heavy atom. The van der Waals surface area contributed by atoms with Crippen LogP contribution in [-0.2, 0) is 6.54 Å². The van der Waals surface area contributed by atoms with E-state index in [0.29, 0.717) is 13.1 Å². The van der Waals surface area contributed by atoms with Gasteiger partial charge in [-0.15, -0.1) is 13.2 Å². The van der Waals surface area contributed by atoms with Crippen LogP contribution >= 0.6 is 0 Å². The van der Waals surface area contributed by atoms with E-state index in [4.69, 9.17) is 0 Å². The van der Waals surface area contributed by atoms with Gasteiger partial charge in [0.15, 0.2) is 5.82 Å². The van der Waals surface area contributed by atoms with Crippen molar-refractivity contribution >= 4 is 23.4 Å². The third kappa shape index (κ3) is 9.02. The number of halogens is 3. The van der Waals surface area contributed by atoms with Crippen LogP contribution in [0, 0.1) is 0 Å². The first-order valence-corrected chi connectivity index (χ1v) is 12.8. The van der Waals surface area contributed by atoms with E-state index < -0.39 is 18.1 Å². The summed E-state index contributed by atoms with van der Waals surface area (Å²) in [5, 5.41) is 8.02. The van der Waals surface area contributed by atoms with Gasteiger partial charge in [0.05, 0.1) is 0 Å². The van der Waals surface area contributed by atoms with E-state index in [-0.39, 0.29) is 23.2 Å². The maximum Gasteiger partial charge on any atom is 0.573 e. The molecule has 0 spiro atoms. The van der Waals surface area contributed by atoms with Gasteiger partial charge in [0, 0.05) is 25.0 Å². The molecule has 0 bridgehead atoms. The summed E-state index contributed by atoms with van der Waals surface area (Å²) in [6.07, 6.45) is 1.28. The Balaban J connectivity index is 1.37. The number of likely N-dealkylation sites (tertiary alicyclic amines) is 1. The first kappa shape index (κ1) is 28.0. The van der Waals surface area contributed by atoms with Gasteiger partial charge in [-0.05, 0) is 68.7 Å². The number of anilines is 2. The Kier molecular flexibility index (Phi) is 9.42. The number of carbonyl (C=O) groups excluding carboxylic acids is 2. The van der Waals surface area contributed by atoms with Crippen molar-refractivity contribution in [2.75, 3.05) is 36.8 Å². The zero-order valence-electron chi connectivity index (χ0n) is 21.3. The predicted octanol–water partition coefficient (Wildman–Crippen LogP) is 5.08. The third-order valence-electron chi connectivity index (χ3n) is 6.15. The molecule has 3 aromatic rings. The summed E-state index contributed by atoms with van der Waals surface area (Å²) in [7, 11) is 0. The fourth-order valence-corrected chi connectivity index (χ4v) is 4.34. The SMILES string of the molecule is O=C(Nc1ccc(OC(F)(F)F)cc1)Nc1cn(Cc2ccccc2)c(C(=O)NCCCN2CCCCC2)n1. The number of rotatable bonds is 10. The number of piperidine rings is 1. The Labute approximate surface area is 224 Å². The molecule has 1 aliphatic heterocycles. The number of hydrogen-bond acceptors (Lipinski definition) is 5. The number of ether oxygens (including phenoxy) is 1. The van der Waals surface area contributed by atoms with Crippen molar-refractivity contribution in [2.24, 2.45) is 0 Å². The molecule has 9 nitrogen and oxygen atoms in total. The Hall–Kier alpha value is -4.06. The molecule has 0 unspecified atom stereocenters. The van der Waals surface area contributed by atoms with E-state index in [2.05, 4.69) is 30.6 Å². The number of alkyl halides is 3. The van der Waals surface area contributed by atoms with Crippen molar-refractivity contribution in [3.05, 3.63) is 72.2 Å². The average molecular weight is 545 g/mol. The van der Waals surface area contributed by atoms with Crippen LogP contribution in [0.15, 0.2) is 60.8 Å². The number of amides is 3. The number of hydrogen-bond donors (Lipinski definition) is 3. The highest BCUT2D eigenvalue weighted by Gasteiger charge is 2.31. The van der Waals surface area contributed by atoms with Gasteiger partial charge in [0.1, 0.15) is 5.75 Å². The molecule has 39 heavy (non-hydrogen) atoms. The van der Waals surface area contributed by atoms with Gasteiger partial charge in [0.2, 0.25) is 5.82 Å². The lowest BCUT2D eigenvalue weighted by molar-refractivity contribution is -0.274. The number of imidazole rings is 1. The average Bonchev–Trinajstić information content (AvgIpc) is 3.29. The quantitative estimate of drug-likeness (QED) is 0.309. The van der Waals surface area contributed by atoms with Gasteiger partial charge in [0.25, 0.3) is 5.91 Å². The molecule has 0 aliphatic carbocycles. The highest BCUT2D eigenvalue weighted by Crippen LogP contribution is 2.24. The van der Waals surface area contributed by atoms with Crippen LogP contribution in [0.5, 0.6) is 5.75 Å². The van der Waals surface area contributed by atoms with Crippen molar-refractivity contribution in [1.82, 2.24) is 19.8 Å². The number of benzene rings is 2. The fraction of sp³-hybridized carbons (Fsp3) is 0.370. The van der Waals surface area contributed by atoms with Gasteiger partial charge < -0.3 is 24.8 Å². The molecule has 2 aromatic carbocycles. The normalized spacial score (nSPS) is 14.0. The maximum absolute atomic E-state index is 13.0. The minimum atomic E-state index is -4.80. The van der Waals surface area contributed by atoms with Crippen molar-refractivity contribution in [3.63, 3.8) is 0 Å². The first-order chi connectivity index (χ1) is 18.7. The van der Waals surface area contributed by atoms with E-state index in [1.807, 2.05) is 30.3 Å². The van der Waals surface area contributed by atoms with E-state index in [0.717, 1.165) is 43.8 Å². The molecule has 0 saturated carbocycles. The number of carbonyl (C=O) groups is 2. The molecule has 1 saturated heterocycles. The monoisotopic (exact) mass is 544 g/mol. The topological polar surface area (TPSA) is 101 Å². The second-order valence-electron chi connectivity index (χ2n) is 9.23. The van der Waals surface area contributed by atoms with Gasteiger partial charge in [-0.3, -0.25) is 10.1 Å². The molecular formula is C27H31F3N6O3. The summed E-state index contributed by atoms with van der Waals surface area (Å²) in [6, 6.07) is 13.6. The van der Waals surface area contributed by atoms with Crippen LogP contribution in [-0.4, -0.2) is 58.9 Å². The van der Waals surface area contributed by atoms with Crippen LogP contribution in [0.2, 0.25) is 0 Å². The van der Waals surface area contributed by atoms with Gasteiger partial charge in [-0.2, -0.15) is 0 Å². The van der Waals surface area contributed by atoms with Gasteiger partial charge >= 0.3 is 12.4 Å². The second kappa shape index (κ2) is 13.1. The van der Waals surface area contributed by atoms with Crippen LogP contribution in [0.3, 0.4) is 0 Å². The summed E-state index contributed by atoms with van der Waals surface area (Å²) in [5.74, 6) is -0.447. The number of aromatic nitrogens is 2. The fourth-order valence-electron chi connectivity index (χ4n) is 4.34. The van der Waals surface area contributed by atoms with E-state index in [9.17, 15) is 22.8 Å². The summed E-state index contributed by atoms with van der Waals surface area (Å²) in [6.45, 7) is 3.99. The molecule has 1 aromatic heterocycles. The zero-order valence-corrected chi connectivity index (χ0v) is 21.3. The molecule has 208 valence electrons. The Morgan fingerprint density at radius 3 is 2.36 bits per heavy atom. The van der Waals surface area contributed by atoms with Crippen LogP contribution < -0.4 is 20.7 Å². The molecule has 0 radical (unpaired) electrons. The highest BCUT2D eigenvalue weighted by atomic mass is 19.4. The first-order valence-electron chi connectivity index (χ1n) is 12.8. The lowest BCUT2D eigenvalue weighted by atomic mass is 10.1. The largest absolute Gasteiger partial charge is 0.573 e. The number of nitrogens with one attached hydrogen (secondary N) is 3. The molecule has 3 N–H and O–H groups in total. The van der Waals surface area contributed by atoms with E-state index in [1.165, 1.54) is 31.4 Å².